The van der Waals surface area contributed by atoms with Crippen molar-refractivity contribution < 1.29 is 19.1 Å². The monoisotopic (exact) mass is 270 g/mol. The van der Waals surface area contributed by atoms with Gasteiger partial charge in [-0.1, -0.05) is 27.0 Å². The van der Waals surface area contributed by atoms with Crippen molar-refractivity contribution in [3.63, 3.8) is 0 Å². The van der Waals surface area contributed by atoms with E-state index in [1.54, 1.807) is 6.92 Å². The van der Waals surface area contributed by atoms with Crippen molar-refractivity contribution in [1.29, 1.82) is 0 Å². The van der Waals surface area contributed by atoms with Crippen molar-refractivity contribution in [2.24, 2.45) is 5.92 Å². The van der Waals surface area contributed by atoms with E-state index < -0.39 is 5.60 Å². The minimum Gasteiger partial charge on any atom is -0.462 e. The van der Waals surface area contributed by atoms with E-state index in [0.717, 1.165) is 6.08 Å². The second-order valence-corrected chi connectivity index (χ2v) is 5.51. The van der Waals surface area contributed by atoms with Crippen molar-refractivity contribution in [3.8, 4) is 0 Å². The first-order chi connectivity index (χ1) is 8.49. The van der Waals surface area contributed by atoms with Gasteiger partial charge in [-0.15, -0.1) is 0 Å². The molecule has 19 heavy (non-hydrogen) atoms. The lowest BCUT2D eigenvalue weighted by molar-refractivity contribution is -0.148. The van der Waals surface area contributed by atoms with Gasteiger partial charge in [-0.05, 0) is 33.6 Å². The van der Waals surface area contributed by atoms with E-state index in [9.17, 15) is 9.59 Å². The zero-order valence-corrected chi connectivity index (χ0v) is 12.9. The Morgan fingerprint density at radius 1 is 1.26 bits per heavy atom. The van der Waals surface area contributed by atoms with Crippen LogP contribution in [0, 0.1) is 5.92 Å². The van der Waals surface area contributed by atoms with Crippen LogP contribution in [0.5, 0.6) is 0 Å². The molecule has 0 N–H and O–H groups in total. The molecule has 0 aliphatic heterocycles. The summed E-state index contributed by atoms with van der Waals surface area (Å²) in [5.74, 6) is -0.278. The van der Waals surface area contributed by atoms with Crippen molar-refractivity contribution in [3.05, 3.63) is 24.8 Å². The highest BCUT2D eigenvalue weighted by atomic mass is 16.6. The predicted octanol–water partition coefficient (Wildman–Crippen LogP) is 3.28. The van der Waals surface area contributed by atoms with E-state index in [4.69, 9.17) is 9.47 Å². The molecule has 4 heteroatoms. The van der Waals surface area contributed by atoms with Gasteiger partial charge in [0, 0.05) is 11.6 Å². The van der Waals surface area contributed by atoms with E-state index in [1.165, 1.54) is 0 Å². The Kier molecular flexibility index (Phi) is 9.73. The van der Waals surface area contributed by atoms with Crippen LogP contribution in [0.4, 0.5) is 0 Å². The first-order valence-corrected chi connectivity index (χ1v) is 6.17. The fraction of sp³-hybridized carbons (Fsp3) is 0.600. The Morgan fingerprint density at radius 3 is 1.95 bits per heavy atom. The van der Waals surface area contributed by atoms with E-state index >= 15 is 0 Å². The number of carbonyl (C=O) groups is 2. The summed E-state index contributed by atoms with van der Waals surface area (Å²) in [6.45, 7) is 18.3. The van der Waals surface area contributed by atoms with Gasteiger partial charge >= 0.3 is 11.9 Å². The Morgan fingerprint density at radius 2 is 1.74 bits per heavy atom. The van der Waals surface area contributed by atoms with Gasteiger partial charge in [-0.25, -0.2) is 9.59 Å². The summed E-state index contributed by atoms with van der Waals surface area (Å²) >= 11 is 0. The van der Waals surface area contributed by atoms with Crippen LogP contribution in [0.25, 0.3) is 0 Å². The average Bonchev–Trinajstić information content (AvgIpc) is 2.24. The molecule has 0 amide bonds. The summed E-state index contributed by atoms with van der Waals surface area (Å²) in [6.07, 6.45) is 1.16. The Bertz CT molecular complexity index is 322. The Balaban J connectivity index is 0. The van der Waals surface area contributed by atoms with Gasteiger partial charge in [0.1, 0.15) is 5.60 Å². The van der Waals surface area contributed by atoms with Crippen molar-refractivity contribution in [2.45, 2.75) is 47.1 Å². The van der Waals surface area contributed by atoms with Crippen LogP contribution in [-0.4, -0.2) is 24.1 Å². The standard InChI is InChI=1S/C8H14O2.C7H12O2/c1-6(2)5-10-8(9)7(3)4;1-5-6(8)9-7(2,3)4/h6H,3,5H2,1-2,4H3;5H,1H2,2-4H3. The molecule has 0 spiro atoms. The predicted molar refractivity (Wildman–Crippen MR) is 76.7 cm³/mol. The topological polar surface area (TPSA) is 52.6 Å². The number of carbonyl (C=O) groups excluding carboxylic acids is 2. The lowest BCUT2D eigenvalue weighted by Gasteiger charge is -2.17. The van der Waals surface area contributed by atoms with Crippen molar-refractivity contribution >= 4 is 11.9 Å². The highest BCUT2D eigenvalue weighted by Gasteiger charge is 2.12. The fourth-order valence-electron chi connectivity index (χ4n) is 0.709. The minimum absolute atomic E-state index is 0.297. The van der Waals surface area contributed by atoms with Gasteiger partial charge < -0.3 is 9.47 Å². The molecule has 0 aromatic rings. The smallest absolute Gasteiger partial charge is 0.333 e. The Hall–Kier alpha value is -1.58. The molecule has 0 atom stereocenters. The molecule has 110 valence electrons. The first-order valence-electron chi connectivity index (χ1n) is 6.17. The van der Waals surface area contributed by atoms with Gasteiger partial charge in [0.05, 0.1) is 6.61 Å². The SMILES string of the molecule is C=C(C)C(=O)OCC(C)C.C=CC(=O)OC(C)(C)C. The molecular weight excluding hydrogens is 244 g/mol. The molecule has 4 nitrogen and oxygen atoms in total. The zero-order valence-electron chi connectivity index (χ0n) is 12.9. The molecular formula is C15H26O4. The van der Waals surface area contributed by atoms with Crippen LogP contribution in [0.3, 0.4) is 0 Å². The van der Waals surface area contributed by atoms with Gasteiger partial charge in [-0.2, -0.15) is 0 Å². The molecule has 0 heterocycles. The van der Waals surface area contributed by atoms with E-state index in [1.807, 2.05) is 34.6 Å². The van der Waals surface area contributed by atoms with Crippen molar-refractivity contribution in [2.75, 3.05) is 6.61 Å². The number of hydrogen-bond donors (Lipinski definition) is 0. The number of esters is 2. The average molecular weight is 270 g/mol. The van der Waals surface area contributed by atoms with Crippen LogP contribution in [0.2, 0.25) is 0 Å². The highest BCUT2D eigenvalue weighted by Crippen LogP contribution is 2.06. The lowest BCUT2D eigenvalue weighted by Crippen LogP contribution is -2.22. The first kappa shape index (κ1) is 19.8. The lowest BCUT2D eigenvalue weighted by atomic mass is 10.2. The van der Waals surface area contributed by atoms with Crippen molar-refractivity contribution in [1.82, 2.24) is 0 Å². The quantitative estimate of drug-likeness (QED) is 0.581. The molecule has 0 saturated carbocycles. The maximum atomic E-state index is 10.7. The van der Waals surface area contributed by atoms with E-state index in [-0.39, 0.29) is 11.9 Å². The van der Waals surface area contributed by atoms with E-state index in [2.05, 4.69) is 13.2 Å². The van der Waals surface area contributed by atoms with Crippen LogP contribution >= 0.6 is 0 Å². The second-order valence-electron chi connectivity index (χ2n) is 5.51. The largest absolute Gasteiger partial charge is 0.462 e. The molecule has 0 aliphatic carbocycles. The third kappa shape index (κ3) is 16.4. The van der Waals surface area contributed by atoms with Gasteiger partial charge in [-0.3, -0.25) is 0 Å². The molecule has 0 fully saturated rings. The van der Waals surface area contributed by atoms with Gasteiger partial charge in [0.15, 0.2) is 0 Å². The Labute approximate surface area is 116 Å². The molecule has 0 aromatic carbocycles. The summed E-state index contributed by atoms with van der Waals surface area (Å²) in [5.41, 5.74) is 0.0614. The number of rotatable bonds is 4. The molecule has 0 radical (unpaired) electrons. The molecule has 0 aromatic heterocycles. The van der Waals surface area contributed by atoms with Gasteiger partial charge in [0.2, 0.25) is 0 Å². The highest BCUT2D eigenvalue weighted by molar-refractivity contribution is 5.86. The summed E-state index contributed by atoms with van der Waals surface area (Å²) in [5, 5.41) is 0. The number of ether oxygens (including phenoxy) is 2. The van der Waals surface area contributed by atoms with Crippen LogP contribution in [0.15, 0.2) is 24.8 Å². The summed E-state index contributed by atoms with van der Waals surface area (Å²) in [6, 6.07) is 0. The molecule has 0 rings (SSSR count). The molecule has 0 bridgehead atoms. The summed E-state index contributed by atoms with van der Waals surface area (Å²) < 4.78 is 9.66. The number of hydrogen-bond acceptors (Lipinski definition) is 4. The molecule has 0 saturated heterocycles. The molecule has 0 unspecified atom stereocenters. The zero-order chi connectivity index (χ0) is 15.6. The third-order valence-corrected chi connectivity index (χ3v) is 1.47. The van der Waals surface area contributed by atoms with E-state index in [0.29, 0.717) is 18.1 Å². The van der Waals surface area contributed by atoms with Crippen LogP contribution < -0.4 is 0 Å². The van der Waals surface area contributed by atoms with Gasteiger partial charge in [0.25, 0.3) is 0 Å². The maximum absolute atomic E-state index is 10.7. The second kappa shape index (κ2) is 9.36. The minimum atomic E-state index is -0.398. The molecule has 0 aliphatic rings. The maximum Gasteiger partial charge on any atom is 0.333 e. The third-order valence-electron chi connectivity index (χ3n) is 1.47. The van der Waals surface area contributed by atoms with Crippen LogP contribution in [-0.2, 0) is 19.1 Å². The van der Waals surface area contributed by atoms with Crippen LogP contribution in [0.1, 0.15) is 41.5 Å². The summed E-state index contributed by atoms with van der Waals surface area (Å²) in [7, 11) is 0. The fourth-order valence-corrected chi connectivity index (χ4v) is 0.709. The normalized spacial score (nSPS) is 10.1. The summed E-state index contributed by atoms with van der Waals surface area (Å²) in [4.78, 5) is 21.2.